The smallest absolute Gasteiger partial charge is 0.341 e. The fraction of sp³-hybridized carbons (Fsp3) is 0.273. The van der Waals surface area contributed by atoms with Gasteiger partial charge in [-0.2, -0.15) is 0 Å². The number of benzene rings is 2. The number of aromatic nitrogens is 1. The Kier molecular flexibility index (Phi) is 5.03. The van der Waals surface area contributed by atoms with Crippen molar-refractivity contribution in [3.8, 4) is 0 Å². The molecule has 3 N–H and O–H groups in total. The van der Waals surface area contributed by atoms with Crippen molar-refractivity contribution >= 4 is 35.0 Å². The molecule has 0 bridgehead atoms. The van der Waals surface area contributed by atoms with E-state index in [0.29, 0.717) is 30.8 Å². The van der Waals surface area contributed by atoms with Crippen LogP contribution in [0.5, 0.6) is 0 Å². The van der Waals surface area contributed by atoms with E-state index in [4.69, 9.17) is 5.73 Å². The molecule has 0 radical (unpaired) electrons. The lowest BCUT2D eigenvalue weighted by molar-refractivity contribution is 0.0695. The fourth-order valence-corrected chi connectivity index (χ4v) is 4.15. The number of hydrogen-bond donors (Lipinski definition) is 2. The molecule has 30 heavy (non-hydrogen) atoms. The summed E-state index contributed by atoms with van der Waals surface area (Å²) in [5.74, 6) is -1.81. The van der Waals surface area contributed by atoms with Crippen LogP contribution in [0.1, 0.15) is 45.9 Å². The average molecular weight is 430 g/mol. The maximum Gasteiger partial charge on any atom is 0.341 e. The predicted octanol–water partition coefficient (Wildman–Crippen LogP) is 3.57. The summed E-state index contributed by atoms with van der Waals surface area (Å²) >= 11 is 0. The van der Waals surface area contributed by atoms with Crippen LogP contribution in [-0.4, -0.2) is 15.6 Å². The number of aromatic carboxylic acids is 1. The molecule has 0 unspecified atom stereocenters. The third-order valence-corrected chi connectivity index (χ3v) is 5.84. The Balaban J connectivity index is 0.00000218. The third-order valence-electron chi connectivity index (χ3n) is 5.84. The second kappa shape index (κ2) is 7.41. The van der Waals surface area contributed by atoms with Crippen molar-refractivity contribution in [1.82, 2.24) is 4.57 Å². The molecule has 2 heterocycles. The van der Waals surface area contributed by atoms with Gasteiger partial charge >= 0.3 is 5.97 Å². The summed E-state index contributed by atoms with van der Waals surface area (Å²) in [6.07, 6.45) is 3.24. The largest absolute Gasteiger partial charge is 0.477 e. The Hall–Kier alpha value is -2.90. The van der Waals surface area contributed by atoms with Gasteiger partial charge in [0, 0.05) is 37.3 Å². The molecule has 8 heteroatoms. The Labute approximate surface area is 178 Å². The summed E-state index contributed by atoms with van der Waals surface area (Å²) in [5, 5.41) is 9.48. The number of rotatable bonds is 4. The summed E-state index contributed by atoms with van der Waals surface area (Å²) in [5.41, 5.74) is 9.04. The van der Waals surface area contributed by atoms with Crippen LogP contribution in [0.15, 0.2) is 41.3 Å². The number of carboxylic acid groups (broad SMARTS) is 1. The van der Waals surface area contributed by atoms with E-state index in [9.17, 15) is 14.7 Å². The lowest BCUT2D eigenvalue weighted by Crippen LogP contribution is -2.21. The summed E-state index contributed by atoms with van der Waals surface area (Å²) in [6.45, 7) is 1.59. The number of halogens is 2. The predicted molar refractivity (Wildman–Crippen MR) is 115 cm³/mol. The molecule has 1 aliphatic heterocycles. The number of nitrogens with two attached hydrogens (primary N) is 1. The summed E-state index contributed by atoms with van der Waals surface area (Å²) < 4.78 is 16.9. The van der Waals surface area contributed by atoms with Crippen LogP contribution in [0.4, 0.5) is 10.1 Å². The van der Waals surface area contributed by atoms with Crippen LogP contribution in [0.3, 0.4) is 0 Å². The minimum absolute atomic E-state index is 0. The first kappa shape index (κ1) is 20.4. The van der Waals surface area contributed by atoms with Crippen LogP contribution in [0.2, 0.25) is 0 Å². The maximum absolute atomic E-state index is 15.0. The fourth-order valence-electron chi connectivity index (χ4n) is 4.15. The van der Waals surface area contributed by atoms with Crippen molar-refractivity contribution < 1.29 is 14.3 Å². The van der Waals surface area contributed by atoms with Crippen molar-refractivity contribution in [3.05, 3.63) is 74.8 Å². The molecule has 156 valence electrons. The minimum atomic E-state index is -1.29. The Bertz CT molecular complexity index is 1240. The molecule has 3 aromatic rings. The average Bonchev–Trinajstić information content (AvgIpc) is 3.46. The van der Waals surface area contributed by atoms with E-state index in [2.05, 4.69) is 0 Å². The van der Waals surface area contributed by atoms with Gasteiger partial charge in [-0.25, -0.2) is 9.18 Å². The molecule has 6 nitrogen and oxygen atoms in total. The highest BCUT2D eigenvalue weighted by atomic mass is 35.5. The van der Waals surface area contributed by atoms with E-state index in [0.717, 1.165) is 29.5 Å². The van der Waals surface area contributed by atoms with Crippen molar-refractivity contribution in [3.63, 3.8) is 0 Å². The van der Waals surface area contributed by atoms with Gasteiger partial charge in [0.2, 0.25) is 5.43 Å². The molecule has 0 saturated heterocycles. The molecule has 1 aromatic heterocycles. The molecule has 0 spiro atoms. The minimum Gasteiger partial charge on any atom is -0.477 e. The van der Waals surface area contributed by atoms with Crippen molar-refractivity contribution in [1.29, 1.82) is 0 Å². The maximum atomic E-state index is 15.0. The number of nitrogens with zero attached hydrogens (tertiary/aromatic N) is 2. The summed E-state index contributed by atoms with van der Waals surface area (Å²) in [6, 6.07) is 9.08. The van der Waals surface area contributed by atoms with E-state index >= 15 is 4.39 Å². The second-order valence-corrected chi connectivity index (χ2v) is 7.80. The van der Waals surface area contributed by atoms with Gasteiger partial charge in [-0.05, 0) is 41.7 Å². The monoisotopic (exact) mass is 429 g/mol. The Morgan fingerprint density at radius 3 is 2.57 bits per heavy atom. The Morgan fingerprint density at radius 2 is 1.90 bits per heavy atom. The standard InChI is InChI=1S/C22H20FN3O3.ClH/c23-18-6-16-19(26(15-3-4-15)11-17(21(16)27)22(28)29)7-20(18)25-9-13-2-1-12(8-24)5-14(13)10-25;/h1-2,5-7,11,15H,3-4,8-10,24H2,(H,28,29);1H. The normalized spacial score (nSPS) is 15.2. The van der Waals surface area contributed by atoms with Gasteiger partial charge in [0.25, 0.3) is 0 Å². The van der Waals surface area contributed by atoms with E-state index < -0.39 is 17.2 Å². The van der Waals surface area contributed by atoms with E-state index in [1.807, 2.05) is 27.7 Å². The number of anilines is 1. The second-order valence-electron chi connectivity index (χ2n) is 7.80. The third kappa shape index (κ3) is 3.24. The number of fused-ring (bicyclic) bond motifs is 2. The lowest BCUT2D eigenvalue weighted by atomic mass is 10.1. The highest BCUT2D eigenvalue weighted by Gasteiger charge is 2.29. The molecule has 1 saturated carbocycles. The topological polar surface area (TPSA) is 88.6 Å². The number of carbonyl (C=O) groups is 1. The SMILES string of the molecule is Cl.NCc1ccc2c(c1)CN(c1cc3c(cc1F)c(=O)c(C(=O)O)cn3C1CC1)C2. The Morgan fingerprint density at radius 1 is 1.17 bits per heavy atom. The van der Waals surface area contributed by atoms with Crippen LogP contribution in [-0.2, 0) is 19.6 Å². The first-order chi connectivity index (χ1) is 14.0. The molecule has 1 aliphatic carbocycles. The zero-order chi connectivity index (χ0) is 20.3. The summed E-state index contributed by atoms with van der Waals surface area (Å²) in [4.78, 5) is 26.0. The molecule has 0 amide bonds. The van der Waals surface area contributed by atoms with Gasteiger partial charge in [-0.15, -0.1) is 12.4 Å². The molecule has 1 fully saturated rings. The molecule has 2 aliphatic rings. The van der Waals surface area contributed by atoms with Gasteiger partial charge in [-0.3, -0.25) is 4.79 Å². The van der Waals surface area contributed by atoms with Gasteiger partial charge in [0.15, 0.2) is 0 Å². The van der Waals surface area contributed by atoms with Crippen molar-refractivity contribution in [2.75, 3.05) is 4.90 Å². The van der Waals surface area contributed by atoms with Crippen LogP contribution in [0.25, 0.3) is 10.9 Å². The molecule has 0 atom stereocenters. The zero-order valence-corrected chi connectivity index (χ0v) is 16.9. The van der Waals surface area contributed by atoms with Crippen LogP contribution >= 0.6 is 12.4 Å². The highest BCUT2D eigenvalue weighted by molar-refractivity contribution is 5.93. The highest BCUT2D eigenvalue weighted by Crippen LogP contribution is 2.39. The van der Waals surface area contributed by atoms with E-state index in [1.165, 1.54) is 12.3 Å². The van der Waals surface area contributed by atoms with E-state index in [-0.39, 0.29) is 29.4 Å². The lowest BCUT2D eigenvalue weighted by Gasteiger charge is -2.21. The number of hydrogen-bond acceptors (Lipinski definition) is 4. The number of carboxylic acids is 1. The molecular weight excluding hydrogens is 409 g/mol. The number of pyridine rings is 1. The first-order valence-electron chi connectivity index (χ1n) is 9.63. The zero-order valence-electron chi connectivity index (χ0n) is 16.1. The van der Waals surface area contributed by atoms with Crippen LogP contribution < -0.4 is 16.1 Å². The molecular formula is C22H21ClFN3O3. The molecule has 5 rings (SSSR count). The molecule has 2 aromatic carbocycles. The van der Waals surface area contributed by atoms with Crippen molar-refractivity contribution in [2.45, 2.75) is 38.5 Å². The van der Waals surface area contributed by atoms with E-state index in [1.54, 1.807) is 6.07 Å². The van der Waals surface area contributed by atoms with Gasteiger partial charge in [-0.1, -0.05) is 18.2 Å². The first-order valence-corrected chi connectivity index (χ1v) is 9.63. The van der Waals surface area contributed by atoms with Gasteiger partial charge in [0.1, 0.15) is 11.4 Å². The van der Waals surface area contributed by atoms with Gasteiger partial charge in [0.05, 0.1) is 11.2 Å². The summed E-state index contributed by atoms with van der Waals surface area (Å²) in [7, 11) is 0. The van der Waals surface area contributed by atoms with Gasteiger partial charge < -0.3 is 20.3 Å². The van der Waals surface area contributed by atoms with Crippen molar-refractivity contribution in [2.24, 2.45) is 5.73 Å². The quantitative estimate of drug-likeness (QED) is 0.661. The van der Waals surface area contributed by atoms with Crippen LogP contribution in [0, 0.1) is 5.82 Å².